The van der Waals surface area contributed by atoms with Gasteiger partial charge in [-0.3, -0.25) is 14.4 Å². The van der Waals surface area contributed by atoms with Crippen molar-refractivity contribution in [1.29, 1.82) is 0 Å². The first kappa shape index (κ1) is 31.6. The molecule has 44 heavy (non-hydrogen) atoms. The van der Waals surface area contributed by atoms with Crippen LogP contribution in [-0.2, 0) is 27.5 Å². The van der Waals surface area contributed by atoms with E-state index in [1.807, 2.05) is 60.7 Å². The summed E-state index contributed by atoms with van der Waals surface area (Å²) in [6, 6.07) is 31.5. The SMILES string of the molecule is CC(=O)Nc1ccc(OCCOC(=O)CCCNC(=O)c2cc(OCc3ccccc3)ccc2OCc2ccccc2)cc1. The zero-order chi connectivity index (χ0) is 31.0. The van der Waals surface area contributed by atoms with Crippen molar-refractivity contribution in [1.82, 2.24) is 5.32 Å². The fourth-order valence-corrected chi connectivity index (χ4v) is 4.13. The molecule has 9 heteroatoms. The Morgan fingerprint density at radius 3 is 1.98 bits per heavy atom. The predicted molar refractivity (Wildman–Crippen MR) is 167 cm³/mol. The number of hydrogen-bond acceptors (Lipinski definition) is 7. The summed E-state index contributed by atoms with van der Waals surface area (Å²) in [4.78, 5) is 36.4. The van der Waals surface area contributed by atoms with E-state index in [1.165, 1.54) is 6.92 Å². The van der Waals surface area contributed by atoms with Gasteiger partial charge in [-0.05, 0) is 60.0 Å². The van der Waals surface area contributed by atoms with Crippen LogP contribution in [0.1, 0.15) is 41.3 Å². The van der Waals surface area contributed by atoms with E-state index in [0.717, 1.165) is 11.1 Å². The fourth-order valence-electron chi connectivity index (χ4n) is 4.13. The van der Waals surface area contributed by atoms with E-state index in [1.54, 1.807) is 42.5 Å². The highest BCUT2D eigenvalue weighted by Gasteiger charge is 2.15. The molecular formula is C35H36N2O7. The Bertz CT molecular complexity index is 1490. The van der Waals surface area contributed by atoms with Crippen LogP contribution < -0.4 is 24.8 Å². The van der Waals surface area contributed by atoms with Crippen molar-refractivity contribution in [2.75, 3.05) is 25.1 Å². The third kappa shape index (κ3) is 10.8. The fraction of sp³-hybridized carbons (Fsp3) is 0.229. The minimum Gasteiger partial charge on any atom is -0.490 e. The van der Waals surface area contributed by atoms with Gasteiger partial charge in [-0.2, -0.15) is 0 Å². The molecule has 0 aliphatic heterocycles. The van der Waals surface area contributed by atoms with Gasteiger partial charge in [0.2, 0.25) is 5.91 Å². The topological polar surface area (TPSA) is 112 Å². The van der Waals surface area contributed by atoms with Crippen molar-refractivity contribution in [2.45, 2.75) is 33.0 Å². The molecule has 0 heterocycles. The number of amides is 2. The Morgan fingerprint density at radius 1 is 0.682 bits per heavy atom. The van der Waals surface area contributed by atoms with Crippen molar-refractivity contribution in [3.8, 4) is 17.2 Å². The van der Waals surface area contributed by atoms with E-state index in [0.29, 0.717) is 48.1 Å². The molecule has 0 saturated heterocycles. The summed E-state index contributed by atoms with van der Waals surface area (Å²) in [5, 5.41) is 5.55. The summed E-state index contributed by atoms with van der Waals surface area (Å²) in [6.07, 6.45) is 0.545. The van der Waals surface area contributed by atoms with E-state index in [9.17, 15) is 14.4 Å². The highest BCUT2D eigenvalue weighted by Crippen LogP contribution is 2.26. The molecule has 0 bridgehead atoms. The molecule has 0 radical (unpaired) electrons. The molecule has 4 aromatic carbocycles. The molecule has 2 amide bonds. The van der Waals surface area contributed by atoms with Crippen molar-refractivity contribution in [2.24, 2.45) is 0 Å². The summed E-state index contributed by atoms with van der Waals surface area (Å²) in [5.74, 6) is 0.709. The van der Waals surface area contributed by atoms with Gasteiger partial charge in [0, 0.05) is 25.6 Å². The smallest absolute Gasteiger partial charge is 0.305 e. The van der Waals surface area contributed by atoms with E-state index >= 15 is 0 Å². The van der Waals surface area contributed by atoms with Crippen molar-refractivity contribution in [3.63, 3.8) is 0 Å². The Labute approximate surface area is 257 Å². The lowest BCUT2D eigenvalue weighted by Gasteiger charge is -2.14. The van der Waals surface area contributed by atoms with E-state index in [-0.39, 0.29) is 44.0 Å². The summed E-state index contributed by atoms with van der Waals surface area (Å²) in [5.41, 5.74) is 3.01. The molecule has 4 rings (SSSR count). The quantitative estimate of drug-likeness (QED) is 0.122. The standard InChI is InChI=1S/C35H36N2O7/c1-26(38)37-29-14-16-30(17-15-29)41-21-22-42-34(39)13-8-20-36-35(40)32-23-31(43-24-27-9-4-2-5-10-27)18-19-33(32)44-25-28-11-6-3-7-12-28/h2-7,9-12,14-19,23H,8,13,20-22,24-25H2,1H3,(H,36,40)(H,37,38). The number of anilines is 1. The van der Waals surface area contributed by atoms with Gasteiger partial charge < -0.3 is 29.6 Å². The van der Waals surface area contributed by atoms with Crippen LogP contribution in [0.4, 0.5) is 5.69 Å². The Balaban J connectivity index is 1.22. The molecular weight excluding hydrogens is 560 g/mol. The maximum Gasteiger partial charge on any atom is 0.305 e. The molecule has 0 aliphatic carbocycles. The van der Waals surface area contributed by atoms with Gasteiger partial charge in [0.15, 0.2) is 0 Å². The highest BCUT2D eigenvalue weighted by molar-refractivity contribution is 5.97. The van der Waals surface area contributed by atoms with E-state index in [4.69, 9.17) is 18.9 Å². The molecule has 9 nitrogen and oxygen atoms in total. The second-order valence-corrected chi connectivity index (χ2v) is 9.84. The number of benzene rings is 4. The molecule has 0 spiro atoms. The minimum absolute atomic E-state index is 0.0938. The summed E-state index contributed by atoms with van der Waals surface area (Å²) >= 11 is 0. The highest BCUT2D eigenvalue weighted by atomic mass is 16.6. The molecule has 2 N–H and O–H groups in total. The first-order valence-electron chi connectivity index (χ1n) is 14.4. The molecule has 0 atom stereocenters. The zero-order valence-corrected chi connectivity index (χ0v) is 24.6. The van der Waals surface area contributed by atoms with Gasteiger partial charge >= 0.3 is 5.97 Å². The third-order valence-electron chi connectivity index (χ3n) is 6.31. The lowest BCUT2D eigenvalue weighted by molar-refractivity contribution is -0.144. The number of ether oxygens (including phenoxy) is 4. The lowest BCUT2D eigenvalue weighted by Crippen LogP contribution is -2.26. The molecule has 0 saturated carbocycles. The van der Waals surface area contributed by atoms with Gasteiger partial charge in [0.25, 0.3) is 5.91 Å². The Hall–Kier alpha value is -5.31. The summed E-state index contributed by atoms with van der Waals surface area (Å²) in [6.45, 7) is 2.67. The average Bonchev–Trinajstić information content (AvgIpc) is 3.04. The molecule has 4 aromatic rings. The van der Waals surface area contributed by atoms with Crippen LogP contribution in [0, 0.1) is 0 Å². The first-order valence-corrected chi connectivity index (χ1v) is 14.4. The van der Waals surface area contributed by atoms with Crippen LogP contribution in [0.2, 0.25) is 0 Å². The Morgan fingerprint density at radius 2 is 1.32 bits per heavy atom. The van der Waals surface area contributed by atoms with E-state index < -0.39 is 0 Å². The predicted octanol–water partition coefficient (Wildman–Crippen LogP) is 5.94. The van der Waals surface area contributed by atoms with Crippen LogP contribution in [-0.4, -0.2) is 37.5 Å². The van der Waals surface area contributed by atoms with Crippen molar-refractivity contribution >= 4 is 23.5 Å². The molecule has 0 aliphatic rings. The second kappa shape index (κ2) is 17.0. The van der Waals surface area contributed by atoms with E-state index in [2.05, 4.69) is 10.6 Å². The van der Waals surface area contributed by atoms with Crippen LogP contribution in [0.15, 0.2) is 103 Å². The molecule has 0 unspecified atom stereocenters. The van der Waals surface area contributed by atoms with Crippen molar-refractivity contribution < 1.29 is 33.3 Å². The summed E-state index contributed by atoms with van der Waals surface area (Å²) in [7, 11) is 0. The van der Waals surface area contributed by atoms with Crippen LogP contribution in [0.5, 0.6) is 17.2 Å². The van der Waals surface area contributed by atoms with Gasteiger partial charge in [-0.1, -0.05) is 60.7 Å². The number of rotatable bonds is 16. The maximum absolute atomic E-state index is 13.2. The van der Waals surface area contributed by atoms with Crippen LogP contribution >= 0.6 is 0 Å². The minimum atomic E-state index is -0.382. The molecule has 0 fully saturated rings. The number of hydrogen-bond donors (Lipinski definition) is 2. The monoisotopic (exact) mass is 596 g/mol. The van der Waals surface area contributed by atoms with Crippen molar-refractivity contribution in [3.05, 3.63) is 120 Å². The first-order chi connectivity index (χ1) is 21.5. The normalized spacial score (nSPS) is 10.4. The number of carbonyl (C=O) groups excluding carboxylic acids is 3. The van der Waals surface area contributed by atoms with Gasteiger partial charge in [0.1, 0.15) is 43.7 Å². The molecule has 228 valence electrons. The lowest BCUT2D eigenvalue weighted by atomic mass is 10.1. The van der Waals surface area contributed by atoms with Gasteiger partial charge in [0.05, 0.1) is 5.56 Å². The average molecular weight is 597 g/mol. The van der Waals surface area contributed by atoms with Crippen LogP contribution in [0.3, 0.4) is 0 Å². The molecule has 0 aromatic heterocycles. The van der Waals surface area contributed by atoms with Crippen LogP contribution in [0.25, 0.3) is 0 Å². The number of esters is 1. The maximum atomic E-state index is 13.2. The zero-order valence-electron chi connectivity index (χ0n) is 24.6. The largest absolute Gasteiger partial charge is 0.490 e. The number of carbonyl (C=O) groups is 3. The van der Waals surface area contributed by atoms with Gasteiger partial charge in [-0.25, -0.2) is 0 Å². The van der Waals surface area contributed by atoms with Gasteiger partial charge in [-0.15, -0.1) is 0 Å². The number of nitrogens with one attached hydrogen (secondary N) is 2. The summed E-state index contributed by atoms with van der Waals surface area (Å²) < 4.78 is 22.7. The second-order valence-electron chi connectivity index (χ2n) is 9.84. The Kier molecular flexibility index (Phi) is 12.2. The third-order valence-corrected chi connectivity index (χ3v) is 6.31.